The number of rotatable bonds is 13. The summed E-state index contributed by atoms with van der Waals surface area (Å²) in [6, 6.07) is 3.43. The number of aliphatic carboxylic acids is 1. The standard InChI is InChI=1S/C25H35N5O6S/c1-14(31)21(30-23(33)19(9-11-37-2)28-22(32)18-8-5-10-26-18)24(34)29-20(25(35)36)12-15-13-27-17-7-4-3-6-16(15)17/h3-4,6-7,13-14,18-21,26-27,31H,5,8-12H2,1-2H3,(H,28,32)(H,29,34)(H,30,33)(H,35,36). The summed E-state index contributed by atoms with van der Waals surface area (Å²) in [6.07, 6.45) is 4.14. The second-order valence-corrected chi connectivity index (χ2v) is 10.2. The van der Waals surface area contributed by atoms with Crippen molar-refractivity contribution in [3.63, 3.8) is 0 Å². The van der Waals surface area contributed by atoms with Crippen molar-refractivity contribution in [1.29, 1.82) is 0 Å². The van der Waals surface area contributed by atoms with Gasteiger partial charge in [0.25, 0.3) is 0 Å². The van der Waals surface area contributed by atoms with Gasteiger partial charge in [-0.15, -0.1) is 0 Å². The molecule has 5 atom stereocenters. The van der Waals surface area contributed by atoms with Crippen LogP contribution in [0.25, 0.3) is 10.9 Å². The van der Waals surface area contributed by atoms with Crippen molar-refractivity contribution < 1.29 is 29.4 Å². The lowest BCUT2D eigenvalue weighted by atomic mass is 10.0. The number of aliphatic hydroxyl groups is 1. The van der Waals surface area contributed by atoms with E-state index in [1.165, 1.54) is 18.7 Å². The van der Waals surface area contributed by atoms with Gasteiger partial charge in [0.1, 0.15) is 18.1 Å². The molecule has 37 heavy (non-hydrogen) atoms. The molecule has 11 nitrogen and oxygen atoms in total. The number of aliphatic hydroxyl groups excluding tert-OH is 1. The van der Waals surface area contributed by atoms with Crippen LogP contribution < -0.4 is 21.3 Å². The summed E-state index contributed by atoms with van der Waals surface area (Å²) in [6.45, 7) is 2.06. The predicted octanol–water partition coefficient (Wildman–Crippen LogP) is 0.135. The third-order valence-electron chi connectivity index (χ3n) is 6.40. The lowest BCUT2D eigenvalue weighted by molar-refractivity contribution is -0.143. The number of fused-ring (bicyclic) bond motifs is 1. The van der Waals surface area contributed by atoms with Crippen molar-refractivity contribution in [2.45, 2.75) is 62.9 Å². The van der Waals surface area contributed by atoms with E-state index >= 15 is 0 Å². The fourth-order valence-corrected chi connectivity index (χ4v) is 4.80. The van der Waals surface area contributed by atoms with E-state index < -0.39 is 42.0 Å². The lowest BCUT2D eigenvalue weighted by Crippen LogP contribution is -2.60. The van der Waals surface area contributed by atoms with E-state index in [-0.39, 0.29) is 18.4 Å². The molecule has 202 valence electrons. The number of nitrogens with one attached hydrogen (secondary N) is 5. The third kappa shape index (κ3) is 7.70. The van der Waals surface area contributed by atoms with Gasteiger partial charge in [0, 0.05) is 23.5 Å². The Morgan fingerprint density at radius 1 is 1.11 bits per heavy atom. The monoisotopic (exact) mass is 533 g/mol. The Hall–Kier alpha value is -3.09. The first-order chi connectivity index (χ1) is 17.7. The molecule has 2 heterocycles. The average Bonchev–Trinajstić information content (AvgIpc) is 3.55. The van der Waals surface area contributed by atoms with Gasteiger partial charge < -0.3 is 36.5 Å². The number of carboxylic acid groups (broad SMARTS) is 1. The Labute approximate surface area is 219 Å². The number of amides is 3. The normalized spacial score (nSPS) is 18.5. The van der Waals surface area contributed by atoms with Crippen LogP contribution in [0, 0.1) is 0 Å². The van der Waals surface area contributed by atoms with E-state index in [1.807, 2.05) is 30.5 Å². The van der Waals surface area contributed by atoms with Crippen LogP contribution in [0.4, 0.5) is 0 Å². The number of hydrogen-bond acceptors (Lipinski definition) is 7. The first-order valence-corrected chi connectivity index (χ1v) is 13.7. The van der Waals surface area contributed by atoms with E-state index in [2.05, 4.69) is 26.3 Å². The molecule has 1 saturated heterocycles. The molecule has 1 aliphatic heterocycles. The van der Waals surface area contributed by atoms with Crippen LogP contribution >= 0.6 is 11.8 Å². The summed E-state index contributed by atoms with van der Waals surface area (Å²) in [5, 5.41) is 31.6. The molecule has 0 radical (unpaired) electrons. The van der Waals surface area contributed by atoms with Crippen LogP contribution in [0.2, 0.25) is 0 Å². The summed E-state index contributed by atoms with van der Waals surface area (Å²) in [5.41, 5.74) is 1.55. The molecule has 2 aromatic rings. The van der Waals surface area contributed by atoms with Crippen LogP contribution in [0.3, 0.4) is 0 Å². The number of thioether (sulfide) groups is 1. The molecule has 7 N–H and O–H groups in total. The number of hydrogen-bond donors (Lipinski definition) is 7. The van der Waals surface area contributed by atoms with E-state index in [1.54, 1.807) is 6.20 Å². The smallest absolute Gasteiger partial charge is 0.326 e. The average molecular weight is 534 g/mol. The minimum absolute atomic E-state index is 0.00631. The molecule has 1 fully saturated rings. The maximum atomic E-state index is 13.1. The molecule has 3 amide bonds. The molecule has 1 aromatic heterocycles. The van der Waals surface area contributed by atoms with Gasteiger partial charge in [-0.2, -0.15) is 11.8 Å². The van der Waals surface area contributed by atoms with Gasteiger partial charge in [-0.3, -0.25) is 14.4 Å². The molecule has 1 aromatic carbocycles. The van der Waals surface area contributed by atoms with Crippen LogP contribution in [0.5, 0.6) is 0 Å². The first kappa shape index (κ1) is 28.5. The molecule has 12 heteroatoms. The van der Waals surface area contributed by atoms with Crippen molar-refractivity contribution >= 4 is 46.4 Å². The maximum Gasteiger partial charge on any atom is 0.326 e. The summed E-state index contributed by atoms with van der Waals surface area (Å²) in [7, 11) is 0. The third-order valence-corrected chi connectivity index (χ3v) is 7.04. The highest BCUT2D eigenvalue weighted by Crippen LogP contribution is 2.19. The highest BCUT2D eigenvalue weighted by molar-refractivity contribution is 7.98. The van der Waals surface area contributed by atoms with Crippen molar-refractivity contribution in [2.75, 3.05) is 18.6 Å². The van der Waals surface area contributed by atoms with Gasteiger partial charge in [0.2, 0.25) is 17.7 Å². The highest BCUT2D eigenvalue weighted by Gasteiger charge is 2.33. The number of benzene rings is 1. The van der Waals surface area contributed by atoms with Crippen LogP contribution in [0.1, 0.15) is 31.7 Å². The fraction of sp³-hybridized carbons (Fsp3) is 0.520. The van der Waals surface area contributed by atoms with Gasteiger partial charge >= 0.3 is 5.97 Å². The number of aromatic nitrogens is 1. The van der Waals surface area contributed by atoms with E-state index in [0.717, 1.165) is 23.9 Å². The molecule has 0 saturated carbocycles. The SMILES string of the molecule is CSCCC(NC(=O)C1CCCN1)C(=O)NC(C(=O)NC(Cc1c[nH]c2ccccc12)C(=O)O)C(C)O. The van der Waals surface area contributed by atoms with Crippen molar-refractivity contribution in [1.82, 2.24) is 26.3 Å². The zero-order chi connectivity index (χ0) is 26.9. The largest absolute Gasteiger partial charge is 0.480 e. The number of H-pyrrole nitrogens is 1. The van der Waals surface area contributed by atoms with Crippen molar-refractivity contribution in [3.8, 4) is 0 Å². The highest BCUT2D eigenvalue weighted by atomic mass is 32.2. The molecule has 1 aliphatic rings. The molecular weight excluding hydrogens is 498 g/mol. The van der Waals surface area contributed by atoms with Crippen molar-refractivity contribution in [3.05, 3.63) is 36.0 Å². The Balaban J connectivity index is 1.68. The zero-order valence-electron chi connectivity index (χ0n) is 21.0. The second kappa shape index (κ2) is 13.5. The van der Waals surface area contributed by atoms with Crippen molar-refractivity contribution in [2.24, 2.45) is 0 Å². The van der Waals surface area contributed by atoms with Gasteiger partial charge in [0.15, 0.2) is 0 Å². The quantitative estimate of drug-likeness (QED) is 0.190. The maximum absolute atomic E-state index is 13.1. The molecule has 0 aliphatic carbocycles. The van der Waals surface area contributed by atoms with Crippen LogP contribution in [-0.4, -0.2) is 87.7 Å². The Morgan fingerprint density at radius 2 is 1.86 bits per heavy atom. The summed E-state index contributed by atoms with van der Waals surface area (Å²) < 4.78 is 0. The van der Waals surface area contributed by atoms with E-state index in [4.69, 9.17) is 0 Å². The summed E-state index contributed by atoms with van der Waals surface area (Å²) in [5.74, 6) is -2.40. The van der Waals surface area contributed by atoms with Gasteiger partial charge in [0.05, 0.1) is 12.1 Å². The molecule has 0 bridgehead atoms. The Morgan fingerprint density at radius 3 is 2.51 bits per heavy atom. The van der Waals surface area contributed by atoms with Gasteiger partial charge in [-0.05, 0) is 56.4 Å². The fourth-order valence-electron chi connectivity index (χ4n) is 4.33. The molecule has 0 spiro atoms. The van der Waals surface area contributed by atoms with Gasteiger partial charge in [-0.1, -0.05) is 18.2 Å². The summed E-state index contributed by atoms with van der Waals surface area (Å²) >= 11 is 1.51. The Bertz CT molecular complexity index is 1100. The molecule has 3 rings (SSSR count). The van der Waals surface area contributed by atoms with E-state index in [9.17, 15) is 29.4 Å². The number of para-hydroxylation sites is 1. The number of carboxylic acids is 1. The first-order valence-electron chi connectivity index (χ1n) is 12.3. The predicted molar refractivity (Wildman–Crippen MR) is 141 cm³/mol. The summed E-state index contributed by atoms with van der Waals surface area (Å²) in [4.78, 5) is 53.7. The van der Waals surface area contributed by atoms with Crippen LogP contribution in [-0.2, 0) is 25.6 Å². The number of carbonyl (C=O) groups excluding carboxylic acids is 3. The number of carbonyl (C=O) groups is 4. The minimum atomic E-state index is -1.41. The topological polar surface area (TPSA) is 173 Å². The van der Waals surface area contributed by atoms with E-state index in [0.29, 0.717) is 24.2 Å². The molecular formula is C25H35N5O6S. The van der Waals surface area contributed by atoms with Gasteiger partial charge in [-0.25, -0.2) is 4.79 Å². The molecule has 5 unspecified atom stereocenters. The second-order valence-electron chi connectivity index (χ2n) is 9.18. The van der Waals surface area contributed by atoms with Crippen LogP contribution in [0.15, 0.2) is 30.5 Å². The Kier molecular flexibility index (Phi) is 10.4. The lowest BCUT2D eigenvalue weighted by Gasteiger charge is -2.26. The zero-order valence-corrected chi connectivity index (χ0v) is 21.8. The number of aromatic amines is 1. The minimum Gasteiger partial charge on any atom is -0.480 e.